The lowest BCUT2D eigenvalue weighted by molar-refractivity contribution is 0.669. The van der Waals surface area contributed by atoms with Crippen LogP contribution in [0.4, 0.5) is 17.1 Å². The summed E-state index contributed by atoms with van der Waals surface area (Å²) in [6, 6.07) is 66.7. The Kier molecular flexibility index (Phi) is 6.55. The van der Waals surface area contributed by atoms with Crippen molar-refractivity contribution in [1.29, 1.82) is 0 Å². The maximum atomic E-state index is 6.60. The van der Waals surface area contributed by atoms with E-state index in [1.54, 1.807) is 0 Å². The number of anilines is 3. The van der Waals surface area contributed by atoms with Crippen molar-refractivity contribution in [3.8, 4) is 22.3 Å². The van der Waals surface area contributed by atoms with E-state index >= 15 is 0 Å². The first kappa shape index (κ1) is 29.6. The summed E-state index contributed by atoms with van der Waals surface area (Å²) in [7, 11) is 0. The molecule has 3 heteroatoms. The van der Waals surface area contributed by atoms with Gasteiger partial charge in [-0.15, -0.1) is 0 Å². The third-order valence-electron chi connectivity index (χ3n) is 10.7. The predicted molar refractivity (Wildman–Crippen MR) is 222 cm³/mol. The second-order valence-corrected chi connectivity index (χ2v) is 13.6. The van der Waals surface area contributed by atoms with E-state index in [4.69, 9.17) is 8.83 Å². The van der Waals surface area contributed by atoms with Gasteiger partial charge in [-0.25, -0.2) is 0 Å². The lowest BCUT2D eigenvalue weighted by Gasteiger charge is -2.28. The van der Waals surface area contributed by atoms with Crippen molar-refractivity contribution in [3.05, 3.63) is 188 Å². The van der Waals surface area contributed by atoms with Crippen molar-refractivity contribution < 1.29 is 8.83 Å². The molecule has 2 aromatic heterocycles. The van der Waals surface area contributed by atoms with Crippen LogP contribution >= 0.6 is 0 Å². The normalized spacial score (nSPS) is 11.8. The third kappa shape index (κ3) is 4.61. The molecule has 3 nitrogen and oxygen atoms in total. The summed E-state index contributed by atoms with van der Waals surface area (Å²) in [5, 5.41) is 9.39. The van der Waals surface area contributed by atoms with E-state index in [0.29, 0.717) is 0 Å². The van der Waals surface area contributed by atoms with Crippen molar-refractivity contribution >= 4 is 82.5 Å². The molecule has 0 N–H and O–H groups in total. The first-order valence-electron chi connectivity index (χ1n) is 18.0. The molecule has 248 valence electrons. The van der Waals surface area contributed by atoms with Crippen LogP contribution in [0, 0.1) is 0 Å². The minimum absolute atomic E-state index is 0.852. The SMILES string of the molecule is c1ccc(N(c2ccc(-c3cc4ccccc4c4ccccc34)cc2)c2cccc3oc4ccccc4c23)c(-c2cccc3c2oc2ccccc23)c1. The van der Waals surface area contributed by atoms with Gasteiger partial charge in [-0.1, -0.05) is 140 Å². The van der Waals surface area contributed by atoms with Gasteiger partial charge in [0.25, 0.3) is 0 Å². The van der Waals surface area contributed by atoms with Gasteiger partial charge in [0.15, 0.2) is 0 Å². The van der Waals surface area contributed by atoms with Crippen molar-refractivity contribution in [1.82, 2.24) is 0 Å². The number of para-hydroxylation sites is 4. The molecular weight excluding hydrogens is 647 g/mol. The molecule has 11 rings (SSSR count). The van der Waals surface area contributed by atoms with Gasteiger partial charge in [0.2, 0.25) is 0 Å². The number of furan rings is 2. The monoisotopic (exact) mass is 677 g/mol. The molecule has 0 amide bonds. The molecule has 0 spiro atoms. The lowest BCUT2D eigenvalue weighted by atomic mass is 9.93. The van der Waals surface area contributed by atoms with Gasteiger partial charge in [-0.2, -0.15) is 0 Å². The van der Waals surface area contributed by atoms with Gasteiger partial charge in [0, 0.05) is 33.0 Å². The summed E-state index contributed by atoms with van der Waals surface area (Å²) in [5.74, 6) is 0. The van der Waals surface area contributed by atoms with Crippen LogP contribution in [-0.4, -0.2) is 0 Å². The van der Waals surface area contributed by atoms with E-state index in [-0.39, 0.29) is 0 Å². The van der Waals surface area contributed by atoms with Crippen molar-refractivity contribution in [2.24, 2.45) is 0 Å². The van der Waals surface area contributed by atoms with Crippen LogP contribution in [0.1, 0.15) is 0 Å². The standard InChI is InChI=1S/C50H31NO2/c1-2-14-35-33(13-1)31-43(37-16-4-3-15-36(35)37)32-27-29-34(30-28-32)51(45-23-12-26-48-49(45)42-19-7-10-25-47(42)52-48)44-22-8-5-17-38(44)40-20-11-21-41-39-18-6-9-24-46(39)53-50(40)41/h1-31H. The number of rotatable bonds is 5. The Morgan fingerprint density at radius 2 is 0.925 bits per heavy atom. The highest BCUT2D eigenvalue weighted by atomic mass is 16.3. The largest absolute Gasteiger partial charge is 0.456 e. The van der Waals surface area contributed by atoms with Crippen LogP contribution < -0.4 is 4.90 Å². The van der Waals surface area contributed by atoms with Crippen molar-refractivity contribution in [3.63, 3.8) is 0 Å². The van der Waals surface area contributed by atoms with Gasteiger partial charge in [-0.3, -0.25) is 0 Å². The molecule has 0 saturated carbocycles. The highest BCUT2D eigenvalue weighted by molar-refractivity contribution is 6.16. The maximum absolute atomic E-state index is 6.60. The Hall–Kier alpha value is -7.10. The summed E-state index contributed by atoms with van der Waals surface area (Å²) in [6.45, 7) is 0. The number of hydrogen-bond donors (Lipinski definition) is 0. The van der Waals surface area contributed by atoms with Gasteiger partial charge in [-0.05, 0) is 81.2 Å². The van der Waals surface area contributed by atoms with Gasteiger partial charge < -0.3 is 13.7 Å². The Labute approximate surface area is 305 Å². The van der Waals surface area contributed by atoms with Crippen molar-refractivity contribution in [2.75, 3.05) is 4.90 Å². The molecule has 0 bridgehead atoms. The summed E-state index contributed by atoms with van der Waals surface area (Å²) in [4.78, 5) is 2.38. The fourth-order valence-corrected chi connectivity index (χ4v) is 8.29. The summed E-state index contributed by atoms with van der Waals surface area (Å²) >= 11 is 0. The average Bonchev–Trinajstić information content (AvgIpc) is 3.80. The molecule has 53 heavy (non-hydrogen) atoms. The second kappa shape index (κ2) is 11.7. The topological polar surface area (TPSA) is 29.5 Å². The Balaban J connectivity index is 1.15. The quantitative estimate of drug-likeness (QED) is 0.170. The number of hydrogen-bond acceptors (Lipinski definition) is 3. The maximum Gasteiger partial charge on any atom is 0.143 e. The molecule has 0 aliphatic carbocycles. The molecule has 9 aromatic carbocycles. The summed E-state index contributed by atoms with van der Waals surface area (Å²) in [6.07, 6.45) is 0. The zero-order chi connectivity index (χ0) is 34.9. The van der Waals surface area contributed by atoms with Crippen molar-refractivity contribution in [2.45, 2.75) is 0 Å². The molecule has 0 aliphatic rings. The predicted octanol–water partition coefficient (Wildman–Crippen LogP) is 14.6. The Morgan fingerprint density at radius 1 is 0.340 bits per heavy atom. The van der Waals surface area contributed by atoms with Crippen LogP contribution in [-0.2, 0) is 0 Å². The average molecular weight is 678 g/mol. The first-order chi connectivity index (χ1) is 26.3. The summed E-state index contributed by atoms with van der Waals surface area (Å²) < 4.78 is 13.0. The minimum atomic E-state index is 0.852. The molecule has 0 atom stereocenters. The molecule has 0 unspecified atom stereocenters. The third-order valence-corrected chi connectivity index (χ3v) is 10.7. The zero-order valence-electron chi connectivity index (χ0n) is 28.7. The minimum Gasteiger partial charge on any atom is -0.456 e. The number of fused-ring (bicyclic) bond motifs is 9. The molecule has 2 heterocycles. The van der Waals surface area contributed by atoms with Crippen LogP contribution in [0.2, 0.25) is 0 Å². The molecular formula is C50H31NO2. The molecule has 0 radical (unpaired) electrons. The molecule has 0 fully saturated rings. The van der Waals surface area contributed by atoms with Gasteiger partial charge in [0.1, 0.15) is 22.3 Å². The van der Waals surface area contributed by atoms with Gasteiger partial charge >= 0.3 is 0 Å². The highest BCUT2D eigenvalue weighted by Gasteiger charge is 2.23. The van der Waals surface area contributed by atoms with E-state index in [1.165, 1.54) is 32.7 Å². The fourth-order valence-electron chi connectivity index (χ4n) is 8.29. The van der Waals surface area contributed by atoms with Crippen LogP contribution in [0.25, 0.3) is 87.7 Å². The fraction of sp³-hybridized carbons (Fsp3) is 0. The second-order valence-electron chi connectivity index (χ2n) is 13.6. The first-order valence-corrected chi connectivity index (χ1v) is 18.0. The Bertz CT molecular complexity index is 3180. The molecule has 0 saturated heterocycles. The van der Waals surface area contributed by atoms with E-state index in [0.717, 1.165) is 72.1 Å². The van der Waals surface area contributed by atoms with E-state index in [1.807, 2.05) is 24.3 Å². The Morgan fingerprint density at radius 3 is 1.77 bits per heavy atom. The van der Waals surface area contributed by atoms with E-state index in [9.17, 15) is 0 Å². The number of benzene rings is 9. The van der Waals surface area contributed by atoms with Gasteiger partial charge in [0.05, 0.1) is 16.8 Å². The highest BCUT2D eigenvalue weighted by Crippen LogP contribution is 2.48. The zero-order valence-corrected chi connectivity index (χ0v) is 28.7. The van der Waals surface area contributed by atoms with Crippen LogP contribution in [0.15, 0.2) is 197 Å². The molecule has 11 aromatic rings. The van der Waals surface area contributed by atoms with Crippen LogP contribution in [0.3, 0.4) is 0 Å². The van der Waals surface area contributed by atoms with Crippen LogP contribution in [0.5, 0.6) is 0 Å². The van der Waals surface area contributed by atoms with E-state index < -0.39 is 0 Å². The summed E-state index contributed by atoms with van der Waals surface area (Å²) in [5.41, 5.74) is 11.1. The number of nitrogens with zero attached hydrogens (tertiary/aromatic N) is 1. The lowest BCUT2D eigenvalue weighted by Crippen LogP contribution is -2.11. The molecule has 0 aliphatic heterocycles. The smallest absolute Gasteiger partial charge is 0.143 e. The van der Waals surface area contributed by atoms with E-state index in [2.05, 4.69) is 169 Å².